The van der Waals surface area contributed by atoms with Gasteiger partial charge in [-0.05, 0) is 13.3 Å². The Morgan fingerprint density at radius 2 is 2.04 bits per heavy atom. The Bertz CT molecular complexity index is 499. The first-order valence-electron chi connectivity index (χ1n) is 7.38. The summed E-state index contributed by atoms with van der Waals surface area (Å²) < 4.78 is 39.9. The number of aromatic nitrogens is 2. The molecule has 0 spiro atoms. The maximum absolute atomic E-state index is 12.9. The second-order valence-corrected chi connectivity index (χ2v) is 5.12. The normalized spacial score (nSPS) is 12.0. The third kappa shape index (κ3) is 6.96. The molecule has 1 heterocycles. The van der Waals surface area contributed by atoms with Crippen molar-refractivity contribution in [1.29, 1.82) is 0 Å². The summed E-state index contributed by atoms with van der Waals surface area (Å²) in [4.78, 5) is 6.23. The largest absolute Gasteiger partial charge is 0.435 e. The minimum Gasteiger partial charge on any atom is -0.357 e. The van der Waals surface area contributed by atoms with Crippen LogP contribution in [0.25, 0.3) is 0 Å². The molecule has 5 nitrogen and oxygen atoms in total. The van der Waals surface area contributed by atoms with E-state index >= 15 is 0 Å². The summed E-state index contributed by atoms with van der Waals surface area (Å²) in [6.07, 6.45) is -1.05. The van der Waals surface area contributed by atoms with Crippen molar-refractivity contribution < 1.29 is 13.2 Å². The average molecular weight is 447 g/mol. The van der Waals surface area contributed by atoms with Crippen LogP contribution in [0.5, 0.6) is 0 Å². The van der Waals surface area contributed by atoms with Gasteiger partial charge in [-0.2, -0.15) is 18.3 Å². The van der Waals surface area contributed by atoms with Gasteiger partial charge in [0.05, 0.1) is 6.54 Å². The fourth-order valence-electron chi connectivity index (χ4n) is 2.02. The van der Waals surface area contributed by atoms with Gasteiger partial charge in [-0.1, -0.05) is 13.3 Å². The molecule has 0 aliphatic carbocycles. The number of nitrogens with zero attached hydrogens (tertiary/aromatic N) is 4. The van der Waals surface area contributed by atoms with Crippen LogP contribution in [0.3, 0.4) is 0 Å². The number of aliphatic imine (C=N–C) groups is 1. The van der Waals surface area contributed by atoms with Crippen molar-refractivity contribution in [2.75, 3.05) is 20.1 Å². The van der Waals surface area contributed by atoms with E-state index in [0.29, 0.717) is 12.5 Å². The van der Waals surface area contributed by atoms with Crippen LogP contribution in [0.15, 0.2) is 11.2 Å². The Morgan fingerprint density at radius 1 is 1.39 bits per heavy atom. The Hall–Kier alpha value is -1.00. The Kier molecular flexibility index (Phi) is 9.55. The van der Waals surface area contributed by atoms with Crippen molar-refractivity contribution in [2.24, 2.45) is 12.0 Å². The fraction of sp³-hybridized carbons (Fsp3) is 0.714. The molecule has 0 radical (unpaired) electrons. The molecule has 0 atom stereocenters. The average Bonchev–Trinajstić information content (AvgIpc) is 2.82. The molecule has 0 fully saturated rings. The highest BCUT2D eigenvalue weighted by molar-refractivity contribution is 14.0. The summed E-state index contributed by atoms with van der Waals surface area (Å²) >= 11 is 0. The standard InChI is InChI=1S/C14H24F3N5.HI/c1-5-7-8-21(3)13(18-6-2)19-9-11-10-22(4)20-12(11)14(15,16)17;/h10H,5-9H2,1-4H3,(H,18,19);1H. The lowest BCUT2D eigenvalue weighted by Gasteiger charge is -2.21. The highest BCUT2D eigenvalue weighted by Crippen LogP contribution is 2.30. The van der Waals surface area contributed by atoms with Crippen LogP contribution in [-0.2, 0) is 19.8 Å². The van der Waals surface area contributed by atoms with Crippen molar-refractivity contribution in [1.82, 2.24) is 20.0 Å². The van der Waals surface area contributed by atoms with Crippen LogP contribution >= 0.6 is 24.0 Å². The third-order valence-electron chi connectivity index (χ3n) is 3.12. The molecule has 1 aromatic rings. The maximum Gasteiger partial charge on any atom is 0.435 e. The van der Waals surface area contributed by atoms with Crippen molar-refractivity contribution in [2.45, 2.75) is 39.4 Å². The Morgan fingerprint density at radius 3 is 2.57 bits per heavy atom. The second kappa shape index (κ2) is 9.99. The lowest BCUT2D eigenvalue weighted by atomic mass is 10.2. The molecule has 0 aromatic carbocycles. The zero-order chi connectivity index (χ0) is 16.8. The van der Waals surface area contributed by atoms with E-state index in [9.17, 15) is 13.2 Å². The monoisotopic (exact) mass is 447 g/mol. The van der Waals surface area contributed by atoms with Gasteiger partial charge in [0.25, 0.3) is 0 Å². The van der Waals surface area contributed by atoms with Crippen molar-refractivity contribution in [3.05, 3.63) is 17.5 Å². The second-order valence-electron chi connectivity index (χ2n) is 5.12. The number of hydrogen-bond donors (Lipinski definition) is 1. The summed E-state index contributed by atoms with van der Waals surface area (Å²) in [7, 11) is 3.35. The first-order valence-corrected chi connectivity index (χ1v) is 7.38. The van der Waals surface area contributed by atoms with Crippen LogP contribution in [0.4, 0.5) is 13.2 Å². The Labute approximate surface area is 152 Å². The summed E-state index contributed by atoms with van der Waals surface area (Å²) in [5.74, 6) is 0.605. The smallest absolute Gasteiger partial charge is 0.357 e. The van der Waals surface area contributed by atoms with E-state index in [1.807, 2.05) is 18.9 Å². The third-order valence-corrected chi connectivity index (χ3v) is 3.12. The highest BCUT2D eigenvalue weighted by Gasteiger charge is 2.36. The van der Waals surface area contributed by atoms with Crippen LogP contribution in [-0.4, -0.2) is 40.8 Å². The number of unbranched alkanes of at least 4 members (excludes halogenated alkanes) is 1. The minimum absolute atomic E-state index is 0. The van der Waals surface area contributed by atoms with Gasteiger partial charge in [0, 0.05) is 38.9 Å². The molecular weight excluding hydrogens is 422 g/mol. The van der Waals surface area contributed by atoms with E-state index < -0.39 is 11.9 Å². The van der Waals surface area contributed by atoms with Gasteiger partial charge >= 0.3 is 6.18 Å². The molecular formula is C14H25F3IN5. The SMILES string of the molecule is CCCCN(C)C(=NCc1cn(C)nc1C(F)(F)F)NCC.I. The first-order chi connectivity index (χ1) is 10.3. The van der Waals surface area contributed by atoms with Crippen LogP contribution in [0.1, 0.15) is 37.9 Å². The summed E-state index contributed by atoms with van der Waals surface area (Å²) in [6, 6.07) is 0. The van der Waals surface area contributed by atoms with Crippen LogP contribution in [0, 0.1) is 0 Å². The molecule has 0 amide bonds. The predicted octanol–water partition coefficient (Wildman–Crippen LogP) is 3.25. The molecule has 0 bridgehead atoms. The van der Waals surface area contributed by atoms with Crippen LogP contribution < -0.4 is 5.32 Å². The van der Waals surface area contributed by atoms with E-state index in [2.05, 4.69) is 22.3 Å². The van der Waals surface area contributed by atoms with Gasteiger partial charge < -0.3 is 10.2 Å². The van der Waals surface area contributed by atoms with E-state index in [0.717, 1.165) is 19.4 Å². The van der Waals surface area contributed by atoms with E-state index in [1.165, 1.54) is 17.9 Å². The van der Waals surface area contributed by atoms with Gasteiger partial charge in [0.2, 0.25) is 0 Å². The molecule has 0 aliphatic heterocycles. The van der Waals surface area contributed by atoms with Gasteiger partial charge in [0.1, 0.15) is 0 Å². The molecule has 1 aromatic heterocycles. The van der Waals surface area contributed by atoms with Crippen molar-refractivity contribution in [3.8, 4) is 0 Å². The lowest BCUT2D eigenvalue weighted by Crippen LogP contribution is -2.39. The molecule has 9 heteroatoms. The number of halogens is 4. The first kappa shape index (κ1) is 22.0. The van der Waals surface area contributed by atoms with Crippen LogP contribution in [0.2, 0.25) is 0 Å². The summed E-state index contributed by atoms with van der Waals surface area (Å²) in [6.45, 7) is 5.43. The molecule has 1 N–H and O–H groups in total. The molecule has 0 saturated heterocycles. The number of rotatable bonds is 6. The number of nitrogens with one attached hydrogen (secondary N) is 1. The zero-order valence-corrected chi connectivity index (χ0v) is 16.3. The van der Waals surface area contributed by atoms with Gasteiger partial charge in [-0.25, -0.2) is 4.99 Å². The molecule has 0 saturated carbocycles. The number of aryl methyl sites for hydroxylation is 1. The molecule has 0 unspecified atom stereocenters. The zero-order valence-electron chi connectivity index (χ0n) is 13.9. The molecule has 134 valence electrons. The van der Waals surface area contributed by atoms with Gasteiger partial charge in [0.15, 0.2) is 11.7 Å². The number of guanidine groups is 1. The minimum atomic E-state index is -4.46. The Balaban J connectivity index is 0.00000484. The van der Waals surface area contributed by atoms with E-state index in [4.69, 9.17) is 0 Å². The fourth-order valence-corrected chi connectivity index (χ4v) is 2.02. The predicted molar refractivity (Wildman–Crippen MR) is 96.0 cm³/mol. The van der Waals surface area contributed by atoms with E-state index in [-0.39, 0.29) is 36.1 Å². The number of hydrogen-bond acceptors (Lipinski definition) is 2. The highest BCUT2D eigenvalue weighted by atomic mass is 127. The molecule has 23 heavy (non-hydrogen) atoms. The maximum atomic E-state index is 12.9. The van der Waals surface area contributed by atoms with Gasteiger partial charge in [-0.15, -0.1) is 24.0 Å². The van der Waals surface area contributed by atoms with Crippen molar-refractivity contribution >= 4 is 29.9 Å². The van der Waals surface area contributed by atoms with E-state index in [1.54, 1.807) is 0 Å². The van der Waals surface area contributed by atoms with Gasteiger partial charge in [-0.3, -0.25) is 4.68 Å². The molecule has 0 aliphatic rings. The lowest BCUT2D eigenvalue weighted by molar-refractivity contribution is -0.142. The topological polar surface area (TPSA) is 45.5 Å². The summed E-state index contributed by atoms with van der Waals surface area (Å²) in [5.41, 5.74) is -0.792. The number of alkyl halides is 3. The molecule has 1 rings (SSSR count). The quantitative estimate of drug-likeness (QED) is 0.414. The summed E-state index contributed by atoms with van der Waals surface area (Å²) in [5, 5.41) is 6.58. The van der Waals surface area contributed by atoms with Crippen molar-refractivity contribution in [3.63, 3.8) is 0 Å².